The standard InChI is InChI=1S/C25H29N3O/c1-2-7-21(8-3-1)20-29-24-12-10-22(11-13-24)25(19-23-9-4-5-15-27-23)28-17-6-14-26-16-18-28/h1-5,7-13,15,25-26H,6,14,16-20H2. The molecule has 1 saturated heterocycles. The number of aromatic nitrogens is 1. The van der Waals surface area contributed by atoms with E-state index in [-0.39, 0.29) is 0 Å². The predicted octanol–water partition coefficient (Wildman–Crippen LogP) is 4.24. The molecule has 1 aliphatic rings. The Kier molecular flexibility index (Phi) is 6.89. The molecule has 0 radical (unpaired) electrons. The number of benzene rings is 2. The largest absolute Gasteiger partial charge is 0.489 e. The minimum absolute atomic E-state index is 0.327. The molecule has 0 bridgehead atoms. The summed E-state index contributed by atoms with van der Waals surface area (Å²) >= 11 is 0. The van der Waals surface area contributed by atoms with Crippen LogP contribution in [0.2, 0.25) is 0 Å². The molecule has 1 fully saturated rings. The highest BCUT2D eigenvalue weighted by Gasteiger charge is 2.22. The predicted molar refractivity (Wildman–Crippen MR) is 117 cm³/mol. The highest BCUT2D eigenvalue weighted by molar-refractivity contribution is 5.30. The summed E-state index contributed by atoms with van der Waals surface area (Å²) < 4.78 is 5.97. The first-order valence-corrected chi connectivity index (χ1v) is 10.5. The van der Waals surface area contributed by atoms with Crippen molar-refractivity contribution in [1.82, 2.24) is 15.2 Å². The van der Waals surface area contributed by atoms with Crippen molar-refractivity contribution in [2.24, 2.45) is 0 Å². The van der Waals surface area contributed by atoms with E-state index in [0.717, 1.165) is 44.0 Å². The number of pyridine rings is 1. The fourth-order valence-electron chi connectivity index (χ4n) is 3.88. The van der Waals surface area contributed by atoms with Crippen LogP contribution in [-0.2, 0) is 13.0 Å². The molecule has 1 aromatic heterocycles. The molecule has 0 saturated carbocycles. The number of rotatable bonds is 7. The van der Waals surface area contributed by atoms with Crippen molar-refractivity contribution in [3.8, 4) is 5.75 Å². The Bertz CT molecular complexity index is 844. The summed E-state index contributed by atoms with van der Waals surface area (Å²) in [6, 6.07) is 25.4. The maximum atomic E-state index is 5.97. The van der Waals surface area contributed by atoms with Crippen LogP contribution < -0.4 is 10.1 Å². The molecule has 2 heterocycles. The number of hydrogen-bond acceptors (Lipinski definition) is 4. The summed E-state index contributed by atoms with van der Waals surface area (Å²) in [6.07, 6.45) is 3.99. The van der Waals surface area contributed by atoms with Gasteiger partial charge >= 0.3 is 0 Å². The molecule has 4 nitrogen and oxygen atoms in total. The molecule has 2 aromatic carbocycles. The Morgan fingerprint density at radius 3 is 2.52 bits per heavy atom. The van der Waals surface area contributed by atoms with Gasteiger partial charge in [-0.15, -0.1) is 0 Å². The lowest BCUT2D eigenvalue weighted by Gasteiger charge is -2.31. The van der Waals surface area contributed by atoms with Gasteiger partial charge in [0.2, 0.25) is 0 Å². The molecule has 1 unspecified atom stereocenters. The van der Waals surface area contributed by atoms with E-state index in [1.807, 2.05) is 30.5 Å². The average molecular weight is 388 g/mol. The molecule has 0 amide bonds. The van der Waals surface area contributed by atoms with Crippen molar-refractivity contribution >= 4 is 0 Å². The van der Waals surface area contributed by atoms with E-state index in [0.29, 0.717) is 12.6 Å². The molecule has 1 aliphatic heterocycles. The fraction of sp³-hybridized carbons (Fsp3) is 0.320. The second-order valence-corrected chi connectivity index (χ2v) is 7.52. The fourth-order valence-corrected chi connectivity index (χ4v) is 3.88. The zero-order valence-corrected chi connectivity index (χ0v) is 16.8. The van der Waals surface area contributed by atoms with E-state index in [2.05, 4.69) is 63.7 Å². The van der Waals surface area contributed by atoms with Gasteiger partial charge in [-0.05, 0) is 48.4 Å². The van der Waals surface area contributed by atoms with Crippen LogP contribution in [0.3, 0.4) is 0 Å². The van der Waals surface area contributed by atoms with Gasteiger partial charge < -0.3 is 10.1 Å². The first-order chi connectivity index (χ1) is 14.4. The van der Waals surface area contributed by atoms with Crippen molar-refractivity contribution in [3.63, 3.8) is 0 Å². The van der Waals surface area contributed by atoms with Gasteiger partial charge in [0.1, 0.15) is 12.4 Å². The van der Waals surface area contributed by atoms with Crippen LogP contribution in [0.5, 0.6) is 5.75 Å². The summed E-state index contributed by atoms with van der Waals surface area (Å²) in [4.78, 5) is 7.17. The second-order valence-electron chi connectivity index (χ2n) is 7.52. The topological polar surface area (TPSA) is 37.4 Å². The molecule has 29 heavy (non-hydrogen) atoms. The number of nitrogens with one attached hydrogen (secondary N) is 1. The van der Waals surface area contributed by atoms with Gasteiger partial charge in [0, 0.05) is 44.0 Å². The maximum absolute atomic E-state index is 5.97. The first kappa shape index (κ1) is 19.6. The molecule has 150 valence electrons. The lowest BCUT2D eigenvalue weighted by atomic mass is 9.99. The van der Waals surface area contributed by atoms with Gasteiger partial charge in [-0.25, -0.2) is 0 Å². The maximum Gasteiger partial charge on any atom is 0.119 e. The van der Waals surface area contributed by atoms with Crippen molar-refractivity contribution in [2.75, 3.05) is 26.2 Å². The molecule has 1 atom stereocenters. The lowest BCUT2D eigenvalue weighted by molar-refractivity contribution is 0.208. The molecule has 4 heteroatoms. The molecule has 0 spiro atoms. The van der Waals surface area contributed by atoms with Crippen LogP contribution in [0.15, 0.2) is 79.0 Å². The highest BCUT2D eigenvalue weighted by Crippen LogP contribution is 2.27. The van der Waals surface area contributed by atoms with E-state index in [9.17, 15) is 0 Å². The minimum atomic E-state index is 0.327. The Morgan fingerprint density at radius 1 is 0.897 bits per heavy atom. The quantitative estimate of drug-likeness (QED) is 0.658. The van der Waals surface area contributed by atoms with Crippen LogP contribution in [0, 0.1) is 0 Å². The molecular weight excluding hydrogens is 358 g/mol. The Morgan fingerprint density at radius 2 is 1.72 bits per heavy atom. The number of ether oxygens (including phenoxy) is 1. The van der Waals surface area contributed by atoms with Gasteiger partial charge in [0.25, 0.3) is 0 Å². The van der Waals surface area contributed by atoms with Crippen LogP contribution in [0.4, 0.5) is 0 Å². The molecule has 3 aromatic rings. The Labute approximate surface area is 173 Å². The Balaban J connectivity index is 1.48. The summed E-state index contributed by atoms with van der Waals surface area (Å²) in [6.45, 7) is 4.89. The molecule has 4 rings (SSSR count). The van der Waals surface area contributed by atoms with E-state index < -0.39 is 0 Å². The van der Waals surface area contributed by atoms with E-state index in [1.165, 1.54) is 17.5 Å². The van der Waals surface area contributed by atoms with Crippen LogP contribution in [0.1, 0.15) is 29.3 Å². The van der Waals surface area contributed by atoms with Crippen LogP contribution in [-0.4, -0.2) is 36.1 Å². The monoisotopic (exact) mass is 387 g/mol. The van der Waals surface area contributed by atoms with Gasteiger partial charge in [-0.2, -0.15) is 0 Å². The van der Waals surface area contributed by atoms with Crippen molar-refractivity contribution in [3.05, 3.63) is 95.8 Å². The van der Waals surface area contributed by atoms with E-state index >= 15 is 0 Å². The third-order valence-corrected chi connectivity index (χ3v) is 5.46. The van der Waals surface area contributed by atoms with Gasteiger partial charge in [-0.1, -0.05) is 48.5 Å². The second kappa shape index (κ2) is 10.2. The smallest absolute Gasteiger partial charge is 0.119 e. The summed E-state index contributed by atoms with van der Waals surface area (Å²) in [5, 5.41) is 3.51. The number of nitrogens with zero attached hydrogens (tertiary/aromatic N) is 2. The van der Waals surface area contributed by atoms with Crippen molar-refractivity contribution in [2.45, 2.75) is 25.5 Å². The molecular formula is C25H29N3O. The zero-order valence-electron chi connectivity index (χ0n) is 16.8. The third-order valence-electron chi connectivity index (χ3n) is 5.46. The first-order valence-electron chi connectivity index (χ1n) is 10.5. The zero-order chi connectivity index (χ0) is 19.7. The Hall–Kier alpha value is -2.69. The van der Waals surface area contributed by atoms with E-state index in [4.69, 9.17) is 4.74 Å². The van der Waals surface area contributed by atoms with E-state index in [1.54, 1.807) is 0 Å². The van der Waals surface area contributed by atoms with Crippen molar-refractivity contribution < 1.29 is 4.74 Å². The summed E-state index contributed by atoms with van der Waals surface area (Å²) in [5.41, 5.74) is 3.64. The molecule has 1 N–H and O–H groups in total. The summed E-state index contributed by atoms with van der Waals surface area (Å²) in [5.74, 6) is 0.909. The lowest BCUT2D eigenvalue weighted by Crippen LogP contribution is -2.33. The highest BCUT2D eigenvalue weighted by atomic mass is 16.5. The van der Waals surface area contributed by atoms with Gasteiger partial charge in [0.05, 0.1) is 0 Å². The van der Waals surface area contributed by atoms with Gasteiger partial charge in [-0.3, -0.25) is 9.88 Å². The minimum Gasteiger partial charge on any atom is -0.489 e. The SMILES string of the molecule is c1ccc(COc2ccc(C(Cc3ccccn3)N3CCCNCC3)cc2)cc1. The van der Waals surface area contributed by atoms with Crippen LogP contribution >= 0.6 is 0 Å². The normalized spacial score (nSPS) is 16.1. The number of hydrogen-bond donors (Lipinski definition) is 1. The third kappa shape index (κ3) is 5.66. The van der Waals surface area contributed by atoms with Crippen molar-refractivity contribution in [1.29, 1.82) is 0 Å². The van der Waals surface area contributed by atoms with Crippen LogP contribution in [0.25, 0.3) is 0 Å². The molecule has 0 aliphatic carbocycles. The average Bonchev–Trinajstić information content (AvgIpc) is 3.07. The van der Waals surface area contributed by atoms with Gasteiger partial charge in [0.15, 0.2) is 0 Å². The summed E-state index contributed by atoms with van der Waals surface area (Å²) in [7, 11) is 0.